The Labute approximate surface area is 175 Å². The van der Waals surface area contributed by atoms with Crippen molar-refractivity contribution in [1.82, 2.24) is 4.57 Å². The summed E-state index contributed by atoms with van der Waals surface area (Å²) >= 11 is 0. The predicted molar refractivity (Wildman–Crippen MR) is 109 cm³/mol. The lowest BCUT2D eigenvalue weighted by molar-refractivity contribution is -0.258. The molecule has 5 nitrogen and oxygen atoms in total. The number of benzene rings is 2. The highest BCUT2D eigenvalue weighted by Crippen LogP contribution is 2.40. The number of nitrogens with zero attached hydrogens (tertiary/aromatic N) is 1. The summed E-state index contributed by atoms with van der Waals surface area (Å²) in [5, 5.41) is 19.5. The van der Waals surface area contributed by atoms with Gasteiger partial charge in [0, 0.05) is 17.3 Å². The van der Waals surface area contributed by atoms with Gasteiger partial charge in [0.05, 0.1) is 17.5 Å². The van der Waals surface area contributed by atoms with Crippen molar-refractivity contribution in [1.29, 1.82) is 0 Å². The molecule has 0 aliphatic heterocycles. The molecule has 0 saturated carbocycles. The number of unbranched alkanes of at least 4 members (excludes halogenated alkanes) is 1. The third kappa shape index (κ3) is 4.12. The molecule has 0 spiro atoms. The summed E-state index contributed by atoms with van der Waals surface area (Å²) in [6.45, 7) is 2.33. The summed E-state index contributed by atoms with van der Waals surface area (Å²) in [4.78, 5) is 13.1. The highest BCUT2D eigenvalue weighted by Gasteiger charge is 2.51. The number of ether oxygens (including phenoxy) is 1. The monoisotopic (exact) mass is 441 g/mol. The number of halogens is 4. The third-order valence-electron chi connectivity index (χ3n) is 5.32. The van der Waals surface area contributed by atoms with Crippen LogP contribution in [0.25, 0.3) is 21.7 Å². The van der Waals surface area contributed by atoms with E-state index in [4.69, 9.17) is 9.84 Å². The maximum Gasteiger partial charge on any atom is 0.421 e. The molecule has 0 bridgehead atoms. The molecule has 3 aromatic rings. The Morgan fingerprint density at radius 1 is 1.10 bits per heavy atom. The van der Waals surface area contributed by atoms with Gasteiger partial charge in [0.1, 0.15) is 6.61 Å². The van der Waals surface area contributed by atoms with Crippen molar-refractivity contribution in [2.24, 2.45) is 0 Å². The van der Waals surface area contributed by atoms with Gasteiger partial charge < -0.3 is 19.5 Å². The van der Waals surface area contributed by atoms with Crippen LogP contribution in [0.3, 0.4) is 0 Å². The summed E-state index contributed by atoms with van der Waals surface area (Å²) in [6.07, 6.45) is -3.51. The van der Waals surface area contributed by atoms with Gasteiger partial charge >= 0.3 is 6.18 Å². The molecule has 1 unspecified atom stereocenters. The lowest BCUT2D eigenvalue weighted by Gasteiger charge is -2.27. The average molecular weight is 441 g/mol. The minimum atomic E-state index is -4.92. The van der Waals surface area contributed by atoms with Gasteiger partial charge in [-0.15, -0.1) is 0 Å². The summed E-state index contributed by atoms with van der Waals surface area (Å²) in [7, 11) is 0. The summed E-state index contributed by atoms with van der Waals surface area (Å²) < 4.78 is 61.3. The standard InChI is InChI=1S/C22H23F4NO4/c1-3-4-7-27-18-6-5-13(21(2,30)22(24,25)26)10-15(18)14-12-19(31-9-8-28)17(23)11-16(14)20(27)29/h5-6,10-12,28,30H,3-4,7-9H2,1-2H3. The first kappa shape index (κ1) is 23.0. The van der Waals surface area contributed by atoms with E-state index in [-0.39, 0.29) is 35.1 Å². The zero-order valence-electron chi connectivity index (χ0n) is 17.1. The molecule has 168 valence electrons. The lowest BCUT2D eigenvalue weighted by atomic mass is 9.92. The Morgan fingerprint density at radius 3 is 2.42 bits per heavy atom. The van der Waals surface area contributed by atoms with Gasteiger partial charge in [-0.05, 0) is 43.2 Å². The smallest absolute Gasteiger partial charge is 0.421 e. The minimum Gasteiger partial charge on any atom is -0.488 e. The number of pyridine rings is 1. The molecule has 31 heavy (non-hydrogen) atoms. The number of hydrogen-bond acceptors (Lipinski definition) is 4. The Kier molecular flexibility index (Phi) is 6.29. The number of alkyl halides is 3. The van der Waals surface area contributed by atoms with Gasteiger partial charge in [0.2, 0.25) is 0 Å². The Bertz CT molecular complexity index is 1170. The molecule has 0 fully saturated rings. The number of aryl methyl sites for hydroxylation is 1. The van der Waals surface area contributed by atoms with Crippen LogP contribution in [0, 0.1) is 5.82 Å². The zero-order valence-corrected chi connectivity index (χ0v) is 17.1. The van der Waals surface area contributed by atoms with E-state index < -0.39 is 28.7 Å². The van der Waals surface area contributed by atoms with Crippen LogP contribution < -0.4 is 10.3 Å². The molecule has 0 amide bonds. The van der Waals surface area contributed by atoms with E-state index in [1.54, 1.807) is 0 Å². The molecule has 1 heterocycles. The normalized spacial score (nSPS) is 14.2. The van der Waals surface area contributed by atoms with E-state index in [0.717, 1.165) is 18.6 Å². The second kappa shape index (κ2) is 8.47. The van der Waals surface area contributed by atoms with E-state index in [0.29, 0.717) is 25.4 Å². The molecule has 1 aromatic heterocycles. The SMILES string of the molecule is CCCCn1c(=O)c2cc(F)c(OCCO)cc2c2cc(C(C)(O)C(F)(F)F)ccc21. The van der Waals surface area contributed by atoms with Crippen LogP contribution in [0.2, 0.25) is 0 Å². The van der Waals surface area contributed by atoms with Crippen LogP contribution in [0.15, 0.2) is 35.1 Å². The lowest BCUT2D eigenvalue weighted by Crippen LogP contribution is -2.39. The van der Waals surface area contributed by atoms with Gasteiger partial charge in [-0.1, -0.05) is 19.4 Å². The zero-order chi connectivity index (χ0) is 23.0. The van der Waals surface area contributed by atoms with E-state index in [9.17, 15) is 27.5 Å². The van der Waals surface area contributed by atoms with Gasteiger partial charge in [-0.2, -0.15) is 13.2 Å². The molecule has 2 N–H and O–H groups in total. The Hall–Kier alpha value is -2.65. The minimum absolute atomic E-state index is 0.0127. The van der Waals surface area contributed by atoms with Gasteiger partial charge in [-0.3, -0.25) is 4.79 Å². The first-order chi connectivity index (χ1) is 14.5. The molecular weight excluding hydrogens is 418 g/mol. The first-order valence-corrected chi connectivity index (χ1v) is 9.86. The largest absolute Gasteiger partial charge is 0.488 e. The highest BCUT2D eigenvalue weighted by molar-refractivity contribution is 6.06. The molecule has 9 heteroatoms. The first-order valence-electron chi connectivity index (χ1n) is 9.86. The van der Waals surface area contributed by atoms with Crippen molar-refractivity contribution < 1.29 is 32.5 Å². The fourth-order valence-electron chi connectivity index (χ4n) is 3.47. The van der Waals surface area contributed by atoms with Crippen molar-refractivity contribution in [3.8, 4) is 5.75 Å². The topological polar surface area (TPSA) is 71.7 Å². The number of aliphatic hydroxyl groups excluding tert-OH is 1. The quantitative estimate of drug-likeness (QED) is 0.425. The van der Waals surface area contributed by atoms with Crippen molar-refractivity contribution >= 4 is 21.7 Å². The Balaban J connectivity index is 2.40. The van der Waals surface area contributed by atoms with Crippen LogP contribution in [-0.4, -0.2) is 34.2 Å². The second-order valence-electron chi connectivity index (χ2n) is 7.51. The third-order valence-corrected chi connectivity index (χ3v) is 5.32. The van der Waals surface area contributed by atoms with Gasteiger partial charge in [-0.25, -0.2) is 4.39 Å². The van der Waals surface area contributed by atoms with Crippen LogP contribution in [0.5, 0.6) is 5.75 Å². The Morgan fingerprint density at radius 2 is 1.81 bits per heavy atom. The van der Waals surface area contributed by atoms with Crippen LogP contribution in [0.1, 0.15) is 32.3 Å². The fraction of sp³-hybridized carbons (Fsp3) is 0.409. The number of hydrogen-bond donors (Lipinski definition) is 2. The average Bonchev–Trinajstić information content (AvgIpc) is 2.71. The van der Waals surface area contributed by atoms with E-state index in [1.807, 2.05) is 6.92 Å². The molecule has 0 radical (unpaired) electrons. The van der Waals surface area contributed by atoms with Crippen molar-refractivity contribution in [2.45, 2.75) is 45.0 Å². The number of aromatic nitrogens is 1. The summed E-state index contributed by atoms with van der Waals surface area (Å²) in [5.41, 5.74) is -3.63. The van der Waals surface area contributed by atoms with Gasteiger partial charge in [0.25, 0.3) is 5.56 Å². The molecule has 0 aliphatic carbocycles. The molecule has 0 saturated heterocycles. The summed E-state index contributed by atoms with van der Waals surface area (Å²) in [6, 6.07) is 5.89. The molecule has 3 rings (SSSR count). The van der Waals surface area contributed by atoms with Crippen LogP contribution in [0.4, 0.5) is 17.6 Å². The molecular formula is C22H23F4NO4. The predicted octanol–water partition coefficient (Wildman–Crippen LogP) is 4.23. The van der Waals surface area contributed by atoms with Gasteiger partial charge in [0.15, 0.2) is 17.2 Å². The number of rotatable bonds is 7. The highest BCUT2D eigenvalue weighted by atomic mass is 19.4. The van der Waals surface area contributed by atoms with E-state index in [1.165, 1.54) is 22.8 Å². The van der Waals surface area contributed by atoms with E-state index in [2.05, 4.69) is 0 Å². The van der Waals surface area contributed by atoms with Crippen molar-refractivity contribution in [3.05, 3.63) is 52.1 Å². The summed E-state index contributed by atoms with van der Waals surface area (Å²) in [5.74, 6) is -1.06. The maximum atomic E-state index is 14.5. The van der Waals surface area contributed by atoms with E-state index >= 15 is 0 Å². The number of aliphatic hydroxyl groups is 2. The van der Waals surface area contributed by atoms with Crippen molar-refractivity contribution in [2.75, 3.05) is 13.2 Å². The van der Waals surface area contributed by atoms with Crippen LogP contribution in [-0.2, 0) is 12.1 Å². The maximum absolute atomic E-state index is 14.5. The molecule has 0 aliphatic rings. The second-order valence-corrected chi connectivity index (χ2v) is 7.51. The number of fused-ring (bicyclic) bond motifs is 3. The molecule has 2 aromatic carbocycles. The van der Waals surface area contributed by atoms with Crippen LogP contribution >= 0.6 is 0 Å². The molecule has 1 atom stereocenters. The fourth-order valence-corrected chi connectivity index (χ4v) is 3.47. The van der Waals surface area contributed by atoms with Crippen molar-refractivity contribution in [3.63, 3.8) is 0 Å².